The molecule has 0 aliphatic carbocycles. The smallest absolute Gasteiger partial charge is 0.167 e. The van der Waals surface area contributed by atoms with E-state index in [0.717, 1.165) is 40.9 Å². The molecule has 0 aliphatic rings. The fourth-order valence-electron chi connectivity index (χ4n) is 2.87. The van der Waals surface area contributed by atoms with E-state index in [9.17, 15) is 0 Å². The molecule has 0 aliphatic heterocycles. The van der Waals surface area contributed by atoms with Crippen molar-refractivity contribution in [3.63, 3.8) is 0 Å². The molecule has 0 fully saturated rings. The van der Waals surface area contributed by atoms with Crippen LogP contribution in [0.5, 0.6) is 11.5 Å². The third-order valence-electron chi connectivity index (χ3n) is 4.29. The molecular weight excluding hydrogens is 442 g/mol. The zero-order chi connectivity index (χ0) is 19.8. The van der Waals surface area contributed by atoms with Crippen molar-refractivity contribution in [1.29, 1.82) is 0 Å². The van der Waals surface area contributed by atoms with Crippen molar-refractivity contribution in [2.75, 3.05) is 13.7 Å². The average molecular weight is 465 g/mol. The number of ether oxygens (including phenoxy) is 2. The molecule has 148 valence electrons. The van der Waals surface area contributed by atoms with E-state index in [1.165, 1.54) is 0 Å². The minimum Gasteiger partial charge on any atom is -0.493 e. The maximum absolute atomic E-state index is 6.13. The largest absolute Gasteiger partial charge is 0.493 e. The highest BCUT2D eigenvalue weighted by Gasteiger charge is 2.15. The van der Waals surface area contributed by atoms with E-state index in [2.05, 4.69) is 30.8 Å². The molecule has 3 aromatic rings. The molecule has 0 saturated heterocycles. The first-order valence-corrected chi connectivity index (χ1v) is 10.2. The summed E-state index contributed by atoms with van der Waals surface area (Å²) in [6.07, 6.45) is 6.61. The summed E-state index contributed by atoms with van der Waals surface area (Å²) in [7, 11) is 1.65. The Morgan fingerprint density at radius 1 is 1.25 bits per heavy atom. The molecule has 1 heterocycles. The minimum atomic E-state index is 0.418. The van der Waals surface area contributed by atoms with E-state index in [4.69, 9.17) is 21.1 Å². The maximum Gasteiger partial charge on any atom is 0.167 e. The zero-order valence-corrected chi connectivity index (χ0v) is 18.0. The third kappa shape index (κ3) is 5.74. The lowest BCUT2D eigenvalue weighted by Gasteiger charge is -2.17. The molecular formula is C21H23BrClN3O2. The third-order valence-corrected chi connectivity index (χ3v) is 5.27. The van der Waals surface area contributed by atoms with E-state index in [1.807, 2.05) is 48.9 Å². The predicted molar refractivity (Wildman–Crippen MR) is 115 cm³/mol. The van der Waals surface area contributed by atoms with Gasteiger partial charge in [-0.1, -0.05) is 39.7 Å². The number of rotatable bonds is 10. The fraction of sp³-hybridized carbons (Fsp3) is 0.286. The number of nitrogens with zero attached hydrogens (tertiary/aromatic N) is 2. The van der Waals surface area contributed by atoms with Crippen molar-refractivity contribution in [3.8, 4) is 11.5 Å². The number of nitrogens with one attached hydrogen (secondary N) is 1. The van der Waals surface area contributed by atoms with Gasteiger partial charge in [0, 0.05) is 40.5 Å². The highest BCUT2D eigenvalue weighted by molar-refractivity contribution is 9.10. The molecule has 0 spiro atoms. The standard InChI is InChI=1S/C21H23BrClN3O2/c1-27-20-7-6-19(22)18(13-24-8-3-10-26-11-9-25-15-26)21(20)28-14-16-4-2-5-17(23)12-16/h2,4-7,9,11-12,15,24H,3,8,10,13-14H2,1H3. The molecule has 7 heteroatoms. The number of imidazole rings is 1. The number of hydrogen-bond donors (Lipinski definition) is 1. The summed E-state index contributed by atoms with van der Waals surface area (Å²) < 4.78 is 14.7. The van der Waals surface area contributed by atoms with Gasteiger partial charge in [-0.25, -0.2) is 4.98 Å². The van der Waals surface area contributed by atoms with Crippen LogP contribution in [-0.2, 0) is 19.7 Å². The highest BCUT2D eigenvalue weighted by atomic mass is 79.9. The van der Waals surface area contributed by atoms with Gasteiger partial charge in [0.05, 0.1) is 13.4 Å². The second kappa shape index (κ2) is 10.5. The van der Waals surface area contributed by atoms with Crippen molar-refractivity contribution >= 4 is 27.5 Å². The van der Waals surface area contributed by atoms with Crippen LogP contribution in [0, 0.1) is 0 Å². The Bertz CT molecular complexity index is 887. The lowest BCUT2D eigenvalue weighted by atomic mass is 10.1. The fourth-order valence-corrected chi connectivity index (χ4v) is 3.53. The maximum atomic E-state index is 6.13. The summed E-state index contributed by atoms with van der Waals surface area (Å²) in [6.45, 7) is 2.91. The van der Waals surface area contributed by atoms with Gasteiger partial charge < -0.3 is 19.4 Å². The van der Waals surface area contributed by atoms with Crippen LogP contribution in [0.15, 0.2) is 59.6 Å². The van der Waals surface area contributed by atoms with Crippen molar-refractivity contribution in [1.82, 2.24) is 14.9 Å². The van der Waals surface area contributed by atoms with Crippen molar-refractivity contribution < 1.29 is 9.47 Å². The summed E-state index contributed by atoms with van der Waals surface area (Å²) >= 11 is 9.71. The van der Waals surface area contributed by atoms with Gasteiger partial charge in [0.15, 0.2) is 11.5 Å². The Labute approximate surface area is 178 Å². The quantitative estimate of drug-likeness (QED) is 0.426. The first-order chi connectivity index (χ1) is 13.7. The number of aromatic nitrogens is 2. The summed E-state index contributed by atoms with van der Waals surface area (Å²) in [6, 6.07) is 11.5. The number of halogens is 2. The molecule has 0 saturated carbocycles. The van der Waals surface area contributed by atoms with Gasteiger partial charge in [-0.15, -0.1) is 0 Å². The SMILES string of the molecule is COc1ccc(Br)c(CNCCCn2ccnc2)c1OCc1cccc(Cl)c1. The molecule has 0 atom stereocenters. The number of benzene rings is 2. The average Bonchev–Trinajstić information content (AvgIpc) is 3.21. The van der Waals surface area contributed by atoms with Crippen LogP contribution in [0.3, 0.4) is 0 Å². The van der Waals surface area contributed by atoms with Crippen LogP contribution < -0.4 is 14.8 Å². The lowest BCUT2D eigenvalue weighted by molar-refractivity contribution is 0.280. The zero-order valence-electron chi connectivity index (χ0n) is 15.7. The first-order valence-electron chi connectivity index (χ1n) is 9.06. The van der Waals surface area contributed by atoms with Gasteiger partial charge in [0.25, 0.3) is 0 Å². The normalized spacial score (nSPS) is 10.8. The molecule has 1 aromatic heterocycles. The molecule has 0 unspecified atom stereocenters. The van der Waals surface area contributed by atoms with Gasteiger partial charge in [-0.2, -0.15) is 0 Å². The first kappa shape index (κ1) is 20.7. The Hall–Kier alpha value is -2.02. The Balaban J connectivity index is 1.63. The molecule has 28 heavy (non-hydrogen) atoms. The van der Waals surface area contributed by atoms with E-state index in [-0.39, 0.29) is 0 Å². The summed E-state index contributed by atoms with van der Waals surface area (Å²) in [5.41, 5.74) is 2.04. The Morgan fingerprint density at radius 3 is 2.89 bits per heavy atom. The molecule has 2 aromatic carbocycles. The van der Waals surface area contributed by atoms with E-state index < -0.39 is 0 Å². The van der Waals surface area contributed by atoms with Gasteiger partial charge in [-0.3, -0.25) is 0 Å². The second-order valence-electron chi connectivity index (χ2n) is 6.31. The predicted octanol–water partition coefficient (Wildman–Crippen LogP) is 5.07. The van der Waals surface area contributed by atoms with Gasteiger partial charge in [-0.05, 0) is 42.8 Å². The Kier molecular flexibility index (Phi) is 7.77. The number of hydrogen-bond acceptors (Lipinski definition) is 4. The van der Waals surface area contributed by atoms with E-state index in [0.29, 0.717) is 23.9 Å². The molecule has 0 radical (unpaired) electrons. The summed E-state index contributed by atoms with van der Waals surface area (Å²) in [5.74, 6) is 1.44. The molecule has 0 amide bonds. The van der Waals surface area contributed by atoms with Crippen LogP contribution in [0.4, 0.5) is 0 Å². The van der Waals surface area contributed by atoms with Crippen LogP contribution >= 0.6 is 27.5 Å². The van der Waals surface area contributed by atoms with Crippen molar-refractivity contribution in [3.05, 3.63) is 75.7 Å². The van der Waals surface area contributed by atoms with E-state index >= 15 is 0 Å². The topological polar surface area (TPSA) is 48.3 Å². The van der Waals surface area contributed by atoms with Gasteiger partial charge in [0.2, 0.25) is 0 Å². The van der Waals surface area contributed by atoms with Crippen LogP contribution in [0.1, 0.15) is 17.5 Å². The second-order valence-corrected chi connectivity index (χ2v) is 7.60. The summed E-state index contributed by atoms with van der Waals surface area (Å²) in [4.78, 5) is 4.06. The van der Waals surface area contributed by atoms with E-state index in [1.54, 1.807) is 13.3 Å². The molecule has 0 bridgehead atoms. The highest BCUT2D eigenvalue weighted by Crippen LogP contribution is 2.36. The molecule has 3 rings (SSSR count). The van der Waals surface area contributed by atoms with Crippen molar-refractivity contribution in [2.45, 2.75) is 26.1 Å². The molecule has 1 N–H and O–H groups in total. The minimum absolute atomic E-state index is 0.418. The number of aryl methyl sites for hydroxylation is 1. The van der Waals surface area contributed by atoms with Gasteiger partial charge >= 0.3 is 0 Å². The van der Waals surface area contributed by atoms with Crippen LogP contribution in [-0.4, -0.2) is 23.2 Å². The number of methoxy groups -OCH3 is 1. The van der Waals surface area contributed by atoms with Gasteiger partial charge in [0.1, 0.15) is 6.61 Å². The molecule has 5 nitrogen and oxygen atoms in total. The Morgan fingerprint density at radius 2 is 2.14 bits per heavy atom. The monoisotopic (exact) mass is 463 g/mol. The van der Waals surface area contributed by atoms with Crippen LogP contribution in [0.25, 0.3) is 0 Å². The summed E-state index contributed by atoms with van der Waals surface area (Å²) in [5, 5.41) is 4.18. The van der Waals surface area contributed by atoms with Crippen molar-refractivity contribution in [2.24, 2.45) is 0 Å². The lowest BCUT2D eigenvalue weighted by Crippen LogP contribution is -2.17. The van der Waals surface area contributed by atoms with Crippen LogP contribution in [0.2, 0.25) is 5.02 Å².